The molecular weight excluding hydrogens is 366 g/mol. The lowest BCUT2D eigenvalue weighted by Crippen LogP contribution is -2.36. The summed E-state index contributed by atoms with van der Waals surface area (Å²) in [5.74, 6) is 0.0902. The summed E-state index contributed by atoms with van der Waals surface area (Å²) in [4.78, 5) is 38.4. The molecule has 150 valence electrons. The molecule has 1 fully saturated rings. The first-order valence-corrected chi connectivity index (χ1v) is 10.1. The molecule has 3 amide bonds. The predicted octanol–water partition coefficient (Wildman–Crippen LogP) is 2.59. The Morgan fingerprint density at radius 1 is 1.07 bits per heavy atom. The van der Waals surface area contributed by atoms with Crippen LogP contribution in [0.2, 0.25) is 0 Å². The zero-order chi connectivity index (χ0) is 20.2. The molecule has 2 aromatic carbocycles. The van der Waals surface area contributed by atoms with Gasteiger partial charge in [0.15, 0.2) is 0 Å². The highest BCUT2D eigenvalue weighted by atomic mass is 16.2. The van der Waals surface area contributed by atoms with Gasteiger partial charge in [0.25, 0.3) is 0 Å². The molecule has 2 aromatic rings. The van der Waals surface area contributed by atoms with E-state index < -0.39 is 0 Å². The van der Waals surface area contributed by atoms with E-state index in [1.54, 1.807) is 0 Å². The van der Waals surface area contributed by atoms with Crippen LogP contribution in [0.15, 0.2) is 48.5 Å². The van der Waals surface area contributed by atoms with Gasteiger partial charge in [0.2, 0.25) is 17.7 Å². The number of aryl methyl sites for hydroxylation is 1. The Balaban J connectivity index is 1.39. The first-order valence-electron chi connectivity index (χ1n) is 10.1. The van der Waals surface area contributed by atoms with Crippen LogP contribution in [0.3, 0.4) is 0 Å². The number of fused-ring (bicyclic) bond motifs is 1. The molecule has 0 unspecified atom stereocenters. The molecular formula is C23H25N3O3. The summed E-state index contributed by atoms with van der Waals surface area (Å²) in [5.41, 5.74) is 4.05. The fourth-order valence-corrected chi connectivity index (χ4v) is 4.13. The molecule has 0 saturated carbocycles. The monoisotopic (exact) mass is 391 g/mol. The minimum atomic E-state index is -0.219. The summed E-state index contributed by atoms with van der Waals surface area (Å²) in [6.07, 6.45) is 2.68. The Morgan fingerprint density at radius 3 is 2.72 bits per heavy atom. The highest BCUT2D eigenvalue weighted by molar-refractivity contribution is 5.99. The van der Waals surface area contributed by atoms with E-state index in [4.69, 9.17) is 0 Å². The summed E-state index contributed by atoms with van der Waals surface area (Å²) >= 11 is 0. The van der Waals surface area contributed by atoms with Crippen molar-refractivity contribution in [3.05, 3.63) is 65.2 Å². The number of carbonyl (C=O) groups excluding carboxylic acids is 3. The van der Waals surface area contributed by atoms with Crippen LogP contribution in [-0.2, 0) is 27.2 Å². The van der Waals surface area contributed by atoms with Gasteiger partial charge in [-0.15, -0.1) is 0 Å². The fourth-order valence-electron chi connectivity index (χ4n) is 4.13. The van der Waals surface area contributed by atoms with Crippen LogP contribution in [0.1, 0.15) is 42.0 Å². The Morgan fingerprint density at radius 2 is 1.90 bits per heavy atom. The number of anilines is 1. The summed E-state index contributed by atoms with van der Waals surface area (Å²) < 4.78 is 0. The molecule has 0 aromatic heterocycles. The molecule has 2 aliphatic rings. The largest absolute Gasteiger partial charge is 0.354 e. The van der Waals surface area contributed by atoms with E-state index in [2.05, 4.69) is 16.7 Å². The zero-order valence-corrected chi connectivity index (χ0v) is 16.3. The van der Waals surface area contributed by atoms with Crippen molar-refractivity contribution in [3.8, 4) is 0 Å². The van der Waals surface area contributed by atoms with Gasteiger partial charge in [-0.25, -0.2) is 0 Å². The molecule has 0 spiro atoms. The average molecular weight is 391 g/mol. The zero-order valence-electron chi connectivity index (χ0n) is 16.3. The average Bonchev–Trinajstić information content (AvgIpc) is 2.97. The van der Waals surface area contributed by atoms with Crippen LogP contribution >= 0.6 is 0 Å². The van der Waals surface area contributed by atoms with Crippen molar-refractivity contribution in [1.29, 1.82) is 0 Å². The van der Waals surface area contributed by atoms with E-state index in [0.717, 1.165) is 35.2 Å². The van der Waals surface area contributed by atoms with Gasteiger partial charge in [0.1, 0.15) is 0 Å². The number of rotatable bonds is 5. The molecule has 2 N–H and O–H groups in total. The number of benzene rings is 2. The van der Waals surface area contributed by atoms with E-state index in [1.807, 2.05) is 47.4 Å². The van der Waals surface area contributed by atoms with Crippen molar-refractivity contribution >= 4 is 23.4 Å². The number of nitrogens with one attached hydrogen (secondary N) is 2. The van der Waals surface area contributed by atoms with Crippen LogP contribution in [0.25, 0.3) is 0 Å². The van der Waals surface area contributed by atoms with Gasteiger partial charge in [-0.05, 0) is 35.6 Å². The second kappa shape index (κ2) is 8.47. The SMILES string of the molecule is O=C1C[C@@H](c2ccccc2)N(C(=O)CCCc2ccc3c(c2)CC(=O)N3)CCN1. The Bertz CT molecular complexity index is 926. The van der Waals surface area contributed by atoms with Crippen LogP contribution in [0, 0.1) is 0 Å². The normalized spacial score (nSPS) is 18.6. The fraction of sp³-hybridized carbons (Fsp3) is 0.348. The number of nitrogens with zero attached hydrogens (tertiary/aromatic N) is 1. The Labute approximate surface area is 170 Å². The molecule has 2 heterocycles. The van der Waals surface area contributed by atoms with Gasteiger partial charge >= 0.3 is 0 Å². The molecule has 29 heavy (non-hydrogen) atoms. The summed E-state index contributed by atoms with van der Waals surface area (Å²) in [6.45, 7) is 1.01. The molecule has 6 heteroatoms. The molecule has 2 aliphatic heterocycles. The summed E-state index contributed by atoms with van der Waals surface area (Å²) in [7, 11) is 0. The van der Waals surface area contributed by atoms with Crippen molar-refractivity contribution in [2.75, 3.05) is 18.4 Å². The minimum absolute atomic E-state index is 0.0181. The van der Waals surface area contributed by atoms with E-state index >= 15 is 0 Å². The van der Waals surface area contributed by atoms with E-state index in [0.29, 0.717) is 32.4 Å². The molecule has 6 nitrogen and oxygen atoms in total. The lowest BCUT2D eigenvalue weighted by molar-refractivity contribution is -0.133. The Kier molecular flexibility index (Phi) is 5.60. The number of amides is 3. The van der Waals surface area contributed by atoms with Crippen LogP contribution in [-0.4, -0.2) is 35.7 Å². The minimum Gasteiger partial charge on any atom is -0.354 e. The van der Waals surface area contributed by atoms with Crippen LogP contribution in [0.5, 0.6) is 0 Å². The molecule has 0 aliphatic carbocycles. The van der Waals surface area contributed by atoms with Crippen molar-refractivity contribution in [2.24, 2.45) is 0 Å². The topological polar surface area (TPSA) is 78.5 Å². The van der Waals surface area contributed by atoms with Gasteiger partial charge in [-0.2, -0.15) is 0 Å². The number of hydrogen-bond donors (Lipinski definition) is 2. The molecule has 1 atom stereocenters. The standard InChI is InChI=1S/C23H25N3O3/c27-21-15-20(17-6-2-1-3-7-17)26(12-11-24-21)23(29)8-4-5-16-9-10-19-18(13-16)14-22(28)25-19/h1-3,6-7,9-10,13,20H,4-5,8,11-12,14-15H2,(H,24,27)(H,25,28)/t20-/m0/s1. The van der Waals surface area contributed by atoms with Crippen molar-refractivity contribution in [1.82, 2.24) is 10.2 Å². The molecule has 0 radical (unpaired) electrons. The first-order chi connectivity index (χ1) is 14.1. The third kappa shape index (κ3) is 4.47. The lowest BCUT2D eigenvalue weighted by Gasteiger charge is -2.29. The molecule has 4 rings (SSSR count). The van der Waals surface area contributed by atoms with Crippen molar-refractivity contribution in [3.63, 3.8) is 0 Å². The maximum Gasteiger partial charge on any atom is 0.228 e. The lowest BCUT2D eigenvalue weighted by atomic mass is 10.0. The second-order valence-corrected chi connectivity index (χ2v) is 7.64. The van der Waals surface area contributed by atoms with Crippen LogP contribution in [0.4, 0.5) is 5.69 Å². The maximum atomic E-state index is 13.0. The maximum absolute atomic E-state index is 13.0. The van der Waals surface area contributed by atoms with Gasteiger partial charge in [-0.3, -0.25) is 14.4 Å². The quantitative estimate of drug-likeness (QED) is 0.822. The van der Waals surface area contributed by atoms with Crippen LogP contribution < -0.4 is 10.6 Å². The highest BCUT2D eigenvalue weighted by Crippen LogP contribution is 2.27. The van der Waals surface area contributed by atoms with E-state index in [9.17, 15) is 14.4 Å². The first kappa shape index (κ1) is 19.2. The predicted molar refractivity (Wildman–Crippen MR) is 110 cm³/mol. The van der Waals surface area contributed by atoms with Gasteiger partial charge in [-0.1, -0.05) is 42.5 Å². The summed E-state index contributed by atoms with van der Waals surface area (Å²) in [5, 5.41) is 5.71. The number of carbonyl (C=O) groups is 3. The van der Waals surface area contributed by atoms with E-state index in [1.165, 1.54) is 0 Å². The second-order valence-electron chi connectivity index (χ2n) is 7.64. The Hall–Kier alpha value is -3.15. The third-order valence-electron chi connectivity index (χ3n) is 5.59. The molecule has 0 bridgehead atoms. The van der Waals surface area contributed by atoms with Crippen molar-refractivity contribution in [2.45, 2.75) is 38.1 Å². The molecule has 1 saturated heterocycles. The smallest absolute Gasteiger partial charge is 0.228 e. The van der Waals surface area contributed by atoms with Gasteiger partial charge in [0, 0.05) is 25.2 Å². The highest BCUT2D eigenvalue weighted by Gasteiger charge is 2.29. The van der Waals surface area contributed by atoms with Gasteiger partial charge < -0.3 is 15.5 Å². The number of hydrogen-bond acceptors (Lipinski definition) is 3. The summed E-state index contributed by atoms with van der Waals surface area (Å²) in [6, 6.07) is 15.6. The third-order valence-corrected chi connectivity index (χ3v) is 5.59. The van der Waals surface area contributed by atoms with E-state index in [-0.39, 0.29) is 23.8 Å². The van der Waals surface area contributed by atoms with Gasteiger partial charge in [0.05, 0.1) is 18.9 Å². The van der Waals surface area contributed by atoms with Crippen molar-refractivity contribution < 1.29 is 14.4 Å².